The normalized spacial score (nSPS) is 14.3. The molecule has 0 N–H and O–H groups in total. The maximum absolute atomic E-state index is 13.1. The SMILES string of the molecule is CO/C(=C1/C(=O)N(C(C)=O)c2cc(Cl)ccc21)c1ccc(OCc2ccccc2)cc1. The lowest BCUT2D eigenvalue weighted by atomic mass is 10.0. The van der Waals surface area contributed by atoms with Gasteiger partial charge in [0.2, 0.25) is 5.91 Å². The van der Waals surface area contributed by atoms with E-state index in [4.69, 9.17) is 21.1 Å². The molecule has 0 fully saturated rings. The van der Waals surface area contributed by atoms with E-state index in [-0.39, 0.29) is 5.91 Å². The molecule has 4 rings (SSSR count). The van der Waals surface area contributed by atoms with Crippen LogP contribution in [0.5, 0.6) is 5.75 Å². The van der Waals surface area contributed by atoms with Gasteiger partial charge in [-0.3, -0.25) is 9.59 Å². The van der Waals surface area contributed by atoms with Crippen LogP contribution in [-0.2, 0) is 20.9 Å². The predicted molar refractivity (Wildman–Crippen MR) is 121 cm³/mol. The fourth-order valence-corrected chi connectivity index (χ4v) is 3.74. The Hall–Kier alpha value is -3.57. The number of halogens is 1. The Morgan fingerprint density at radius 1 is 1.00 bits per heavy atom. The molecule has 0 bridgehead atoms. The summed E-state index contributed by atoms with van der Waals surface area (Å²) in [6, 6.07) is 22.2. The summed E-state index contributed by atoms with van der Waals surface area (Å²) in [4.78, 5) is 26.4. The van der Waals surface area contributed by atoms with E-state index in [9.17, 15) is 9.59 Å². The van der Waals surface area contributed by atoms with E-state index in [1.165, 1.54) is 14.0 Å². The van der Waals surface area contributed by atoms with Gasteiger partial charge in [-0.05, 0) is 42.0 Å². The second-order valence-corrected chi connectivity index (χ2v) is 7.46. The van der Waals surface area contributed by atoms with Crippen LogP contribution < -0.4 is 9.64 Å². The number of ether oxygens (including phenoxy) is 2. The van der Waals surface area contributed by atoms with E-state index >= 15 is 0 Å². The molecule has 5 nitrogen and oxygen atoms in total. The number of carbonyl (C=O) groups is 2. The molecule has 1 heterocycles. The summed E-state index contributed by atoms with van der Waals surface area (Å²) in [7, 11) is 1.50. The van der Waals surface area contributed by atoms with Crippen LogP contribution in [0.3, 0.4) is 0 Å². The van der Waals surface area contributed by atoms with Crippen LogP contribution in [0.4, 0.5) is 5.69 Å². The monoisotopic (exact) mass is 433 g/mol. The molecule has 156 valence electrons. The summed E-state index contributed by atoms with van der Waals surface area (Å²) in [6.45, 7) is 1.80. The third kappa shape index (κ3) is 4.05. The number of nitrogens with zero attached hydrogens (tertiary/aromatic N) is 1. The van der Waals surface area contributed by atoms with Crippen molar-refractivity contribution in [1.82, 2.24) is 0 Å². The molecule has 0 unspecified atom stereocenters. The number of benzene rings is 3. The number of hydrogen-bond donors (Lipinski definition) is 0. The fraction of sp³-hybridized carbons (Fsp3) is 0.120. The number of anilines is 1. The van der Waals surface area contributed by atoms with Crippen molar-refractivity contribution in [3.63, 3.8) is 0 Å². The highest BCUT2D eigenvalue weighted by Crippen LogP contribution is 2.42. The van der Waals surface area contributed by atoms with E-state index in [0.717, 1.165) is 10.5 Å². The van der Waals surface area contributed by atoms with E-state index < -0.39 is 5.91 Å². The number of imide groups is 1. The number of amides is 2. The second-order valence-electron chi connectivity index (χ2n) is 7.03. The molecule has 31 heavy (non-hydrogen) atoms. The van der Waals surface area contributed by atoms with Gasteiger partial charge in [-0.25, -0.2) is 4.90 Å². The Morgan fingerprint density at radius 2 is 1.71 bits per heavy atom. The maximum Gasteiger partial charge on any atom is 0.269 e. The highest BCUT2D eigenvalue weighted by atomic mass is 35.5. The second kappa shape index (κ2) is 8.66. The van der Waals surface area contributed by atoms with Crippen molar-refractivity contribution in [1.29, 1.82) is 0 Å². The Morgan fingerprint density at radius 3 is 2.35 bits per heavy atom. The van der Waals surface area contributed by atoms with Crippen molar-refractivity contribution in [2.24, 2.45) is 0 Å². The molecule has 1 aliphatic heterocycles. The van der Waals surface area contributed by atoms with Crippen LogP contribution >= 0.6 is 11.6 Å². The highest BCUT2D eigenvalue weighted by Gasteiger charge is 2.38. The van der Waals surface area contributed by atoms with Crippen LogP contribution in [0.25, 0.3) is 11.3 Å². The maximum atomic E-state index is 13.1. The van der Waals surface area contributed by atoms with Crippen molar-refractivity contribution >= 4 is 40.4 Å². The van der Waals surface area contributed by atoms with Gasteiger partial charge in [0.1, 0.15) is 18.1 Å². The fourth-order valence-electron chi connectivity index (χ4n) is 3.58. The summed E-state index contributed by atoms with van der Waals surface area (Å²) in [5.41, 5.74) is 3.15. The first kappa shape index (κ1) is 20.7. The zero-order valence-corrected chi connectivity index (χ0v) is 17.8. The molecule has 0 spiro atoms. The summed E-state index contributed by atoms with van der Waals surface area (Å²) < 4.78 is 11.5. The first-order valence-corrected chi connectivity index (χ1v) is 10.1. The van der Waals surface area contributed by atoms with Gasteiger partial charge in [0.25, 0.3) is 5.91 Å². The molecule has 0 saturated heterocycles. The Labute approximate surface area is 185 Å². The van der Waals surface area contributed by atoms with Gasteiger partial charge in [-0.1, -0.05) is 48.0 Å². The molecule has 0 atom stereocenters. The summed E-state index contributed by atoms with van der Waals surface area (Å²) in [5.74, 6) is 0.255. The summed E-state index contributed by atoms with van der Waals surface area (Å²) in [5, 5.41) is 0.443. The minimum absolute atomic E-state index is 0.322. The largest absolute Gasteiger partial charge is 0.495 e. The molecule has 6 heteroatoms. The Balaban J connectivity index is 1.68. The van der Waals surface area contributed by atoms with Crippen molar-refractivity contribution in [2.45, 2.75) is 13.5 Å². The quantitative estimate of drug-likeness (QED) is 0.403. The van der Waals surface area contributed by atoms with Gasteiger partial charge in [-0.2, -0.15) is 0 Å². The van der Waals surface area contributed by atoms with Crippen molar-refractivity contribution in [2.75, 3.05) is 12.0 Å². The molecule has 0 saturated carbocycles. The zero-order valence-electron chi connectivity index (χ0n) is 17.1. The average Bonchev–Trinajstić information content (AvgIpc) is 3.05. The van der Waals surface area contributed by atoms with Crippen molar-refractivity contribution in [3.05, 3.63) is 94.5 Å². The van der Waals surface area contributed by atoms with Crippen LogP contribution in [0.2, 0.25) is 5.02 Å². The third-order valence-corrected chi connectivity index (χ3v) is 5.23. The molecule has 2 amide bonds. The van der Waals surface area contributed by atoms with Crippen LogP contribution in [0, 0.1) is 0 Å². The minimum Gasteiger partial charge on any atom is -0.495 e. The Bertz CT molecular complexity index is 1170. The number of methoxy groups -OCH3 is 1. The Kier molecular flexibility index (Phi) is 5.78. The van der Waals surface area contributed by atoms with Gasteiger partial charge in [0.15, 0.2) is 0 Å². The van der Waals surface area contributed by atoms with E-state index in [1.54, 1.807) is 18.2 Å². The average molecular weight is 434 g/mol. The smallest absolute Gasteiger partial charge is 0.269 e. The number of hydrogen-bond acceptors (Lipinski definition) is 4. The number of carbonyl (C=O) groups excluding carboxylic acids is 2. The van der Waals surface area contributed by atoms with Crippen molar-refractivity contribution < 1.29 is 19.1 Å². The molecule has 3 aromatic rings. The van der Waals surface area contributed by atoms with Gasteiger partial charge in [-0.15, -0.1) is 0 Å². The summed E-state index contributed by atoms with van der Waals surface area (Å²) in [6.07, 6.45) is 0. The van der Waals surface area contributed by atoms with Crippen molar-refractivity contribution in [3.8, 4) is 5.75 Å². The van der Waals surface area contributed by atoms with Crippen LogP contribution in [-0.4, -0.2) is 18.9 Å². The number of fused-ring (bicyclic) bond motifs is 1. The molecule has 1 aliphatic rings. The highest BCUT2D eigenvalue weighted by molar-refractivity contribution is 6.43. The topological polar surface area (TPSA) is 55.8 Å². The van der Waals surface area contributed by atoms with Crippen LogP contribution in [0.1, 0.15) is 23.6 Å². The van der Waals surface area contributed by atoms with Gasteiger partial charge >= 0.3 is 0 Å². The molecule has 3 aromatic carbocycles. The molecule has 0 aromatic heterocycles. The van der Waals surface area contributed by atoms with E-state index in [1.807, 2.05) is 54.6 Å². The lowest BCUT2D eigenvalue weighted by molar-refractivity contribution is -0.122. The van der Waals surface area contributed by atoms with Gasteiger partial charge in [0.05, 0.1) is 18.4 Å². The van der Waals surface area contributed by atoms with Crippen LogP contribution in [0.15, 0.2) is 72.8 Å². The molecular weight excluding hydrogens is 414 g/mol. The molecular formula is C25H20ClNO4. The summed E-state index contributed by atoms with van der Waals surface area (Å²) >= 11 is 6.10. The van der Waals surface area contributed by atoms with Gasteiger partial charge < -0.3 is 9.47 Å². The number of rotatable bonds is 5. The molecule has 0 aliphatic carbocycles. The lowest BCUT2D eigenvalue weighted by Gasteiger charge is -2.13. The molecule has 0 radical (unpaired) electrons. The predicted octanol–water partition coefficient (Wildman–Crippen LogP) is 5.33. The van der Waals surface area contributed by atoms with E-state index in [2.05, 4.69) is 0 Å². The first-order chi connectivity index (χ1) is 15.0. The standard InChI is InChI=1S/C25H20ClNO4/c1-16(28)27-22-14-19(26)10-13-21(22)23(25(27)29)24(30-2)18-8-11-20(12-9-18)31-15-17-6-4-3-5-7-17/h3-14H,15H2,1-2H3/b24-23+. The third-order valence-electron chi connectivity index (χ3n) is 5.00. The zero-order chi connectivity index (χ0) is 22.0. The minimum atomic E-state index is -0.439. The first-order valence-electron chi connectivity index (χ1n) is 9.70. The lowest BCUT2D eigenvalue weighted by Crippen LogP contribution is -2.31. The van der Waals surface area contributed by atoms with E-state index in [0.29, 0.717) is 45.5 Å². The van der Waals surface area contributed by atoms with Gasteiger partial charge in [0, 0.05) is 23.1 Å².